The van der Waals surface area contributed by atoms with Crippen LogP contribution in [0.2, 0.25) is 0 Å². The summed E-state index contributed by atoms with van der Waals surface area (Å²) >= 11 is 0. The molecule has 126 valence electrons. The molecule has 0 aromatic rings. The fourth-order valence-corrected chi connectivity index (χ4v) is 5.37. The molecule has 3 rings (SSSR count). The fourth-order valence-electron chi connectivity index (χ4n) is 5.37. The van der Waals surface area contributed by atoms with E-state index in [1.807, 2.05) is 0 Å². The molecular formula is C18H30O4. The summed E-state index contributed by atoms with van der Waals surface area (Å²) in [4.78, 5) is 12.5. The summed E-state index contributed by atoms with van der Waals surface area (Å²) in [7, 11) is 0. The molecule has 2 saturated carbocycles. The zero-order valence-corrected chi connectivity index (χ0v) is 14.3. The Morgan fingerprint density at radius 3 is 2.59 bits per heavy atom. The van der Waals surface area contributed by atoms with Crippen molar-refractivity contribution in [2.45, 2.75) is 90.1 Å². The van der Waals surface area contributed by atoms with Crippen LogP contribution in [0.3, 0.4) is 0 Å². The molecular weight excluding hydrogens is 280 g/mol. The van der Waals surface area contributed by atoms with Crippen molar-refractivity contribution in [3.05, 3.63) is 0 Å². The lowest BCUT2D eigenvalue weighted by atomic mass is 9.47. The number of fused-ring (bicyclic) bond motifs is 3. The number of Topliss-reactive ketones (excluding diaryl/α,β-unsaturated/α-hetero) is 1. The number of aliphatic hydroxyl groups excluding tert-OH is 1. The smallest absolute Gasteiger partial charge is 0.139 e. The van der Waals surface area contributed by atoms with Gasteiger partial charge in [0.25, 0.3) is 0 Å². The quantitative estimate of drug-likeness (QED) is 0.781. The summed E-state index contributed by atoms with van der Waals surface area (Å²) in [5, 5.41) is 21.2. The largest absolute Gasteiger partial charge is 0.392 e. The minimum Gasteiger partial charge on any atom is -0.392 e. The van der Waals surface area contributed by atoms with E-state index in [1.54, 1.807) is 13.8 Å². The maximum absolute atomic E-state index is 12.5. The van der Waals surface area contributed by atoms with Gasteiger partial charge in [-0.05, 0) is 45.4 Å². The minimum absolute atomic E-state index is 0.0725. The summed E-state index contributed by atoms with van der Waals surface area (Å²) < 4.78 is 6.24. The highest BCUT2D eigenvalue weighted by Crippen LogP contribution is 2.60. The third-order valence-corrected chi connectivity index (χ3v) is 6.94. The average Bonchev–Trinajstić information content (AvgIpc) is 2.41. The lowest BCUT2D eigenvalue weighted by Gasteiger charge is -2.61. The molecule has 3 fully saturated rings. The van der Waals surface area contributed by atoms with Gasteiger partial charge in [0.1, 0.15) is 5.78 Å². The number of aliphatic hydroxyl groups is 2. The van der Waals surface area contributed by atoms with Gasteiger partial charge in [0.15, 0.2) is 0 Å². The van der Waals surface area contributed by atoms with Crippen LogP contribution in [0.25, 0.3) is 0 Å². The molecule has 0 bridgehead atoms. The van der Waals surface area contributed by atoms with Crippen LogP contribution in [0, 0.1) is 16.7 Å². The van der Waals surface area contributed by atoms with Gasteiger partial charge in [0.2, 0.25) is 0 Å². The van der Waals surface area contributed by atoms with Gasteiger partial charge < -0.3 is 14.9 Å². The SMILES string of the molecule is CC(C)(O)[C@@H]1C[C@H](O)[C@]2(C)[C@@H](CC[C@]3(C)C(=O)CCC[C@@H]23)O1. The number of hydrogen-bond donors (Lipinski definition) is 2. The first-order valence-electron chi connectivity index (χ1n) is 8.69. The molecule has 0 aromatic heterocycles. The topological polar surface area (TPSA) is 66.8 Å². The van der Waals surface area contributed by atoms with Gasteiger partial charge in [-0.1, -0.05) is 13.8 Å². The van der Waals surface area contributed by atoms with Crippen molar-refractivity contribution in [1.82, 2.24) is 0 Å². The standard InChI is InChI=1S/C18H30O4/c1-16(2,21)15-10-13(20)18(4)11-6-5-7-12(19)17(11,3)9-8-14(18)22-15/h11,13-15,20-21H,5-10H2,1-4H3/t11-,13+,14-,15+,17+,18-/m1/s1. The van der Waals surface area contributed by atoms with Gasteiger partial charge in [0, 0.05) is 23.7 Å². The first-order chi connectivity index (χ1) is 10.1. The Hall–Kier alpha value is -0.450. The van der Waals surface area contributed by atoms with Crippen LogP contribution < -0.4 is 0 Å². The van der Waals surface area contributed by atoms with Gasteiger partial charge in [0.05, 0.1) is 23.9 Å². The second-order valence-electron chi connectivity index (χ2n) is 8.71. The van der Waals surface area contributed by atoms with Crippen molar-refractivity contribution in [2.75, 3.05) is 0 Å². The third kappa shape index (κ3) is 2.18. The van der Waals surface area contributed by atoms with Gasteiger partial charge in [-0.2, -0.15) is 0 Å². The predicted octanol–water partition coefficient (Wildman–Crippen LogP) is 2.45. The molecule has 1 heterocycles. The highest BCUT2D eigenvalue weighted by Gasteiger charge is 2.63. The number of carbonyl (C=O) groups is 1. The van der Waals surface area contributed by atoms with Crippen molar-refractivity contribution in [1.29, 1.82) is 0 Å². The van der Waals surface area contributed by atoms with Crippen LogP contribution in [-0.4, -0.2) is 39.9 Å². The lowest BCUT2D eigenvalue weighted by molar-refractivity contribution is -0.265. The molecule has 0 radical (unpaired) electrons. The third-order valence-electron chi connectivity index (χ3n) is 6.94. The summed E-state index contributed by atoms with van der Waals surface area (Å²) in [6.45, 7) is 7.67. The van der Waals surface area contributed by atoms with E-state index in [9.17, 15) is 15.0 Å². The summed E-state index contributed by atoms with van der Waals surface area (Å²) in [5.41, 5.74) is -1.65. The fraction of sp³-hybridized carbons (Fsp3) is 0.944. The number of ketones is 1. The van der Waals surface area contributed by atoms with E-state index in [1.165, 1.54) is 0 Å². The molecule has 6 atom stereocenters. The molecule has 1 saturated heterocycles. The molecule has 3 aliphatic rings. The van der Waals surface area contributed by atoms with Gasteiger partial charge in [-0.15, -0.1) is 0 Å². The summed E-state index contributed by atoms with van der Waals surface area (Å²) in [6.07, 6.45) is 3.71. The first kappa shape index (κ1) is 16.4. The summed E-state index contributed by atoms with van der Waals surface area (Å²) in [6, 6.07) is 0. The predicted molar refractivity (Wildman–Crippen MR) is 83.4 cm³/mol. The normalized spacial score (nSPS) is 49.5. The van der Waals surface area contributed by atoms with Gasteiger partial charge >= 0.3 is 0 Å². The van der Waals surface area contributed by atoms with Crippen LogP contribution in [-0.2, 0) is 9.53 Å². The molecule has 22 heavy (non-hydrogen) atoms. The zero-order valence-electron chi connectivity index (χ0n) is 14.3. The Morgan fingerprint density at radius 1 is 1.27 bits per heavy atom. The van der Waals surface area contributed by atoms with Gasteiger partial charge in [-0.25, -0.2) is 0 Å². The van der Waals surface area contributed by atoms with E-state index in [-0.39, 0.29) is 29.0 Å². The van der Waals surface area contributed by atoms with Crippen LogP contribution in [0.1, 0.15) is 66.2 Å². The van der Waals surface area contributed by atoms with Gasteiger partial charge in [-0.3, -0.25) is 4.79 Å². The van der Waals surface area contributed by atoms with Crippen molar-refractivity contribution in [2.24, 2.45) is 16.7 Å². The Morgan fingerprint density at radius 2 is 1.95 bits per heavy atom. The lowest BCUT2D eigenvalue weighted by Crippen LogP contribution is -2.65. The molecule has 0 spiro atoms. The Labute approximate surface area is 133 Å². The van der Waals surface area contributed by atoms with Crippen molar-refractivity contribution in [3.8, 4) is 0 Å². The van der Waals surface area contributed by atoms with E-state index in [2.05, 4.69) is 13.8 Å². The first-order valence-corrected chi connectivity index (χ1v) is 8.69. The zero-order chi connectivity index (χ0) is 16.3. The molecule has 0 aromatic carbocycles. The number of ether oxygens (including phenoxy) is 1. The minimum atomic E-state index is -0.953. The molecule has 4 nitrogen and oxygen atoms in total. The monoisotopic (exact) mass is 310 g/mol. The van der Waals surface area contributed by atoms with Crippen molar-refractivity contribution >= 4 is 5.78 Å². The molecule has 0 amide bonds. The van der Waals surface area contributed by atoms with E-state index in [0.29, 0.717) is 18.6 Å². The molecule has 4 heteroatoms. The second kappa shape index (κ2) is 5.02. The van der Waals surface area contributed by atoms with Crippen LogP contribution in [0.15, 0.2) is 0 Å². The maximum atomic E-state index is 12.5. The second-order valence-corrected chi connectivity index (χ2v) is 8.71. The van der Waals surface area contributed by atoms with Crippen molar-refractivity contribution in [3.63, 3.8) is 0 Å². The number of rotatable bonds is 1. The Bertz CT molecular complexity index is 468. The number of carbonyl (C=O) groups excluding carboxylic acids is 1. The van der Waals surface area contributed by atoms with Crippen molar-refractivity contribution < 1.29 is 19.7 Å². The molecule has 0 unspecified atom stereocenters. The van der Waals surface area contributed by atoms with Crippen LogP contribution in [0.4, 0.5) is 0 Å². The number of hydrogen-bond acceptors (Lipinski definition) is 4. The van der Waals surface area contributed by atoms with E-state index < -0.39 is 11.7 Å². The van der Waals surface area contributed by atoms with E-state index in [4.69, 9.17) is 4.74 Å². The Kier molecular flexibility index (Phi) is 3.75. The summed E-state index contributed by atoms with van der Waals surface area (Å²) in [5.74, 6) is 0.540. The highest BCUT2D eigenvalue weighted by atomic mass is 16.5. The highest BCUT2D eigenvalue weighted by molar-refractivity contribution is 5.85. The Balaban J connectivity index is 1.93. The van der Waals surface area contributed by atoms with E-state index in [0.717, 1.165) is 25.7 Å². The van der Waals surface area contributed by atoms with Crippen LogP contribution in [0.5, 0.6) is 0 Å². The molecule has 2 aliphatic carbocycles. The van der Waals surface area contributed by atoms with Crippen LogP contribution >= 0.6 is 0 Å². The molecule has 1 aliphatic heterocycles. The average molecular weight is 310 g/mol. The van der Waals surface area contributed by atoms with E-state index >= 15 is 0 Å². The molecule has 2 N–H and O–H groups in total. The maximum Gasteiger partial charge on any atom is 0.139 e.